The molecule has 1 saturated heterocycles. The van der Waals surface area contributed by atoms with Crippen molar-refractivity contribution in [2.75, 3.05) is 19.7 Å². The highest BCUT2D eigenvalue weighted by atomic mass is 16.4. The van der Waals surface area contributed by atoms with Crippen molar-refractivity contribution in [3.63, 3.8) is 0 Å². The summed E-state index contributed by atoms with van der Waals surface area (Å²) in [5.74, 6) is -7.95. The number of aliphatic imine (C=N–C) groups is 1. The summed E-state index contributed by atoms with van der Waals surface area (Å²) in [5, 5.41) is 44.5. The molecule has 22 heteroatoms. The maximum absolute atomic E-state index is 13.9. The second kappa shape index (κ2) is 24.7. The first-order chi connectivity index (χ1) is 27.4. The van der Waals surface area contributed by atoms with Crippen molar-refractivity contribution in [2.24, 2.45) is 39.9 Å². The molecular weight excluding hydrogens is 774 g/mol. The number of aliphatic hydroxyl groups excluding tert-OH is 2. The Labute approximate surface area is 345 Å². The van der Waals surface area contributed by atoms with Gasteiger partial charge >= 0.3 is 5.97 Å². The van der Waals surface area contributed by atoms with Gasteiger partial charge in [-0.3, -0.25) is 38.6 Å². The number of nitrogens with zero attached hydrogens (tertiary/aromatic N) is 2. The van der Waals surface area contributed by atoms with Gasteiger partial charge in [0.05, 0.1) is 12.7 Å². The minimum atomic E-state index is -1.57. The molecule has 59 heavy (non-hydrogen) atoms. The normalized spacial score (nSPS) is 18.0. The number of nitrogens with one attached hydrogen (secondary N) is 6. The minimum absolute atomic E-state index is 0.0252. The molecule has 1 aliphatic rings. The number of rotatable bonds is 24. The molecule has 0 aromatic carbocycles. The van der Waals surface area contributed by atoms with Gasteiger partial charge in [-0.1, -0.05) is 41.5 Å². The van der Waals surface area contributed by atoms with Gasteiger partial charge in [-0.15, -0.1) is 0 Å². The summed E-state index contributed by atoms with van der Waals surface area (Å²) in [6.07, 6.45) is -0.0952. The van der Waals surface area contributed by atoms with E-state index in [0.717, 1.165) is 0 Å². The summed E-state index contributed by atoms with van der Waals surface area (Å²) in [4.78, 5) is 110. The van der Waals surface area contributed by atoms with Crippen molar-refractivity contribution in [1.29, 1.82) is 0 Å². The SMILES string of the molecule is CC(C)C[C@H](NC(=O)[C@H](CO)NC(=O)[C@@H](NC(=O)[C@@H](NC(=O)[C@H](C)NC(=O)[C@@H](N)[C@@H](C)O)C(C)C)C(C)C)C(=O)N1CCC[C@H]1C(=O)N[C@@H](CCCN=C(N)N)C(=O)O. The maximum Gasteiger partial charge on any atom is 0.326 e. The first-order valence-corrected chi connectivity index (χ1v) is 19.9. The van der Waals surface area contributed by atoms with E-state index in [1.807, 2.05) is 0 Å². The van der Waals surface area contributed by atoms with E-state index in [9.17, 15) is 53.7 Å². The summed E-state index contributed by atoms with van der Waals surface area (Å²) in [7, 11) is 0. The van der Waals surface area contributed by atoms with Crippen molar-refractivity contribution in [1.82, 2.24) is 36.8 Å². The molecule has 0 unspecified atom stereocenters. The summed E-state index contributed by atoms with van der Waals surface area (Å²) >= 11 is 0. The van der Waals surface area contributed by atoms with Crippen molar-refractivity contribution in [2.45, 2.75) is 142 Å². The lowest BCUT2D eigenvalue weighted by Crippen LogP contribution is -2.62. The molecule has 7 amide bonds. The molecule has 15 N–H and O–H groups in total. The topological polar surface area (TPSA) is 363 Å². The Hall–Kier alpha value is -5.09. The lowest BCUT2D eigenvalue weighted by Gasteiger charge is -2.31. The number of guanidine groups is 1. The van der Waals surface area contributed by atoms with Crippen LogP contribution in [0.15, 0.2) is 4.99 Å². The molecule has 336 valence electrons. The van der Waals surface area contributed by atoms with Crippen LogP contribution in [0, 0.1) is 17.8 Å². The summed E-state index contributed by atoms with van der Waals surface area (Å²) < 4.78 is 0. The Morgan fingerprint density at radius 2 is 1.27 bits per heavy atom. The molecular formula is C37H67N11O11. The number of carbonyl (C=O) groups is 8. The van der Waals surface area contributed by atoms with Crippen LogP contribution in [0.25, 0.3) is 0 Å². The number of hydrogen-bond donors (Lipinski definition) is 12. The zero-order valence-corrected chi connectivity index (χ0v) is 35.3. The largest absolute Gasteiger partial charge is 0.480 e. The highest BCUT2D eigenvalue weighted by Gasteiger charge is 2.40. The molecule has 1 fully saturated rings. The van der Waals surface area contributed by atoms with Gasteiger partial charge in [-0.25, -0.2) is 4.79 Å². The van der Waals surface area contributed by atoms with Crippen LogP contribution in [0.3, 0.4) is 0 Å². The molecule has 0 radical (unpaired) electrons. The average molecular weight is 842 g/mol. The number of carboxylic acids is 1. The van der Waals surface area contributed by atoms with Gasteiger partial charge in [0.25, 0.3) is 0 Å². The number of aliphatic carboxylic acids is 1. The lowest BCUT2D eigenvalue weighted by molar-refractivity contribution is -0.145. The van der Waals surface area contributed by atoms with E-state index in [0.29, 0.717) is 6.42 Å². The van der Waals surface area contributed by atoms with E-state index in [2.05, 4.69) is 36.9 Å². The Balaban J connectivity index is 3.10. The molecule has 9 atom stereocenters. The predicted molar refractivity (Wildman–Crippen MR) is 215 cm³/mol. The highest BCUT2D eigenvalue weighted by Crippen LogP contribution is 2.21. The van der Waals surface area contributed by atoms with Crippen LogP contribution in [0.1, 0.15) is 87.5 Å². The fraction of sp³-hybridized carbons (Fsp3) is 0.757. The molecule has 0 aliphatic carbocycles. The van der Waals surface area contributed by atoms with Crippen LogP contribution in [-0.4, -0.2) is 148 Å². The molecule has 1 heterocycles. The fourth-order valence-corrected chi connectivity index (χ4v) is 6.14. The van der Waals surface area contributed by atoms with Crippen LogP contribution in [0.2, 0.25) is 0 Å². The van der Waals surface area contributed by atoms with Gasteiger partial charge in [0.1, 0.15) is 48.3 Å². The lowest BCUT2D eigenvalue weighted by atomic mass is 9.99. The van der Waals surface area contributed by atoms with Gasteiger partial charge in [0.15, 0.2) is 5.96 Å². The van der Waals surface area contributed by atoms with E-state index in [-0.39, 0.29) is 50.7 Å². The zero-order valence-electron chi connectivity index (χ0n) is 35.3. The summed E-state index contributed by atoms with van der Waals surface area (Å²) in [6, 6.07) is -9.93. The smallest absolute Gasteiger partial charge is 0.326 e. The molecule has 0 aromatic rings. The zero-order chi connectivity index (χ0) is 45.3. The summed E-state index contributed by atoms with van der Waals surface area (Å²) in [6.45, 7) is 12.2. The van der Waals surface area contributed by atoms with Crippen molar-refractivity contribution < 1.29 is 53.7 Å². The van der Waals surface area contributed by atoms with Crippen LogP contribution < -0.4 is 49.1 Å². The Morgan fingerprint density at radius 1 is 0.729 bits per heavy atom. The molecule has 1 aliphatic heterocycles. The van der Waals surface area contributed by atoms with Crippen LogP contribution >= 0.6 is 0 Å². The number of hydrogen-bond acceptors (Lipinski definition) is 12. The van der Waals surface area contributed by atoms with Gasteiger partial charge in [-0.05, 0) is 63.7 Å². The standard InChI is InChI=1S/C37H67N11O11/c1-17(2)15-23(35(57)48-14-10-12-25(48)31(53)43-22(36(58)59)11-9-13-41-37(39)40)44-30(52)24(16-49)45-33(55)27(18(3)4)47-34(56)28(19(5)6)46-29(51)20(7)42-32(54)26(38)21(8)50/h17-28,49-50H,9-16,38H2,1-8H3,(H,42,54)(H,43,53)(H,44,52)(H,45,55)(H,46,51)(H,47,56)(H,58,59)(H4,39,40,41)/t20-,21+,22-,23-,24-,25-,26-,27-,28-/m0/s1. The predicted octanol–water partition coefficient (Wildman–Crippen LogP) is -3.90. The maximum atomic E-state index is 13.9. The Bertz CT molecular complexity index is 1500. The molecule has 0 aromatic heterocycles. The van der Waals surface area contributed by atoms with Crippen molar-refractivity contribution in [3.8, 4) is 0 Å². The van der Waals surface area contributed by atoms with Gasteiger partial charge < -0.3 is 69.3 Å². The van der Waals surface area contributed by atoms with Gasteiger partial charge in [0.2, 0.25) is 41.4 Å². The molecule has 22 nitrogen and oxygen atoms in total. The first kappa shape index (κ1) is 51.9. The number of amides is 7. The minimum Gasteiger partial charge on any atom is -0.480 e. The fourth-order valence-electron chi connectivity index (χ4n) is 6.14. The monoisotopic (exact) mass is 842 g/mol. The number of nitrogens with two attached hydrogens (primary N) is 3. The van der Waals surface area contributed by atoms with Gasteiger partial charge in [0, 0.05) is 13.1 Å². The average Bonchev–Trinajstić information content (AvgIpc) is 3.64. The first-order valence-electron chi connectivity index (χ1n) is 19.9. The van der Waals surface area contributed by atoms with E-state index in [4.69, 9.17) is 17.2 Å². The second-order valence-electron chi connectivity index (χ2n) is 15.9. The summed E-state index contributed by atoms with van der Waals surface area (Å²) in [5.41, 5.74) is 16.2. The third-order valence-electron chi connectivity index (χ3n) is 9.60. The second-order valence-corrected chi connectivity index (χ2v) is 15.9. The van der Waals surface area contributed by atoms with Crippen LogP contribution in [0.5, 0.6) is 0 Å². The van der Waals surface area contributed by atoms with Crippen LogP contribution in [-0.2, 0) is 38.4 Å². The highest BCUT2D eigenvalue weighted by molar-refractivity contribution is 5.98. The number of carboxylic acid groups (broad SMARTS) is 1. The number of aliphatic hydroxyl groups is 2. The number of carbonyl (C=O) groups excluding carboxylic acids is 7. The molecule has 0 saturated carbocycles. The van der Waals surface area contributed by atoms with Crippen molar-refractivity contribution in [3.05, 3.63) is 0 Å². The Kier molecular flexibility index (Phi) is 21.8. The van der Waals surface area contributed by atoms with Crippen molar-refractivity contribution >= 4 is 53.3 Å². The number of likely N-dealkylation sites (tertiary alicyclic amines) is 1. The van der Waals surface area contributed by atoms with Crippen LogP contribution in [0.4, 0.5) is 0 Å². The quantitative estimate of drug-likeness (QED) is 0.0251. The molecule has 0 bridgehead atoms. The third kappa shape index (κ3) is 17.0. The van der Waals surface area contributed by atoms with E-state index in [1.165, 1.54) is 18.7 Å². The van der Waals surface area contributed by atoms with Gasteiger partial charge in [-0.2, -0.15) is 0 Å². The van der Waals surface area contributed by atoms with E-state index < -0.39 is 120 Å². The molecule has 0 spiro atoms. The third-order valence-corrected chi connectivity index (χ3v) is 9.60. The molecule has 1 rings (SSSR count). The Morgan fingerprint density at radius 3 is 1.76 bits per heavy atom. The van der Waals surface area contributed by atoms with E-state index in [1.54, 1.807) is 41.5 Å². The van der Waals surface area contributed by atoms with E-state index >= 15 is 0 Å².